The zero-order valence-corrected chi connectivity index (χ0v) is 11.5. The van der Waals surface area contributed by atoms with Gasteiger partial charge in [0, 0.05) is 32.4 Å². The van der Waals surface area contributed by atoms with Gasteiger partial charge < -0.3 is 10.1 Å². The van der Waals surface area contributed by atoms with E-state index in [0.29, 0.717) is 0 Å². The molecule has 2 rings (SSSR count). The molecule has 1 aliphatic rings. The number of aryl methyl sites for hydroxylation is 2. The molecule has 1 fully saturated rings. The lowest BCUT2D eigenvalue weighted by molar-refractivity contribution is 0.0374. The van der Waals surface area contributed by atoms with E-state index in [-0.39, 0.29) is 0 Å². The summed E-state index contributed by atoms with van der Waals surface area (Å²) in [5.74, 6) is 0. The van der Waals surface area contributed by atoms with E-state index >= 15 is 0 Å². The van der Waals surface area contributed by atoms with Crippen LogP contribution in [0, 0.1) is 6.92 Å². The largest absolute Gasteiger partial charge is 0.379 e. The van der Waals surface area contributed by atoms with E-state index in [4.69, 9.17) is 4.74 Å². The predicted molar refractivity (Wildman–Crippen MR) is 71.5 cm³/mol. The molecule has 0 aromatic carbocycles. The molecular weight excluding hydrogens is 228 g/mol. The fourth-order valence-electron chi connectivity index (χ4n) is 2.19. The Morgan fingerprint density at radius 1 is 1.39 bits per heavy atom. The predicted octanol–water partition coefficient (Wildman–Crippen LogP) is 0.540. The third-order valence-corrected chi connectivity index (χ3v) is 3.40. The minimum absolute atomic E-state index is 0.866. The summed E-state index contributed by atoms with van der Waals surface area (Å²) in [6.45, 7) is 9.10. The lowest BCUT2D eigenvalue weighted by atomic mass is 10.3. The molecule has 0 unspecified atom stereocenters. The van der Waals surface area contributed by atoms with Gasteiger partial charge in [0.2, 0.25) is 0 Å². The van der Waals surface area contributed by atoms with E-state index in [0.717, 1.165) is 51.6 Å². The highest BCUT2D eigenvalue weighted by Crippen LogP contribution is 2.01. The Kier molecular flexibility index (Phi) is 5.16. The second-order valence-corrected chi connectivity index (χ2v) is 4.89. The molecule has 1 saturated heterocycles. The minimum atomic E-state index is 0.866. The van der Waals surface area contributed by atoms with Crippen LogP contribution < -0.4 is 5.32 Å². The average molecular weight is 252 g/mol. The average Bonchev–Trinajstić information content (AvgIpc) is 2.70. The highest BCUT2D eigenvalue weighted by molar-refractivity contribution is 5.07. The standard InChI is InChI=1S/C13H24N4O/c1-12-10-13(15-16(12)2)11-14-4-3-5-17-6-8-18-9-7-17/h10,14H,3-9,11H2,1-2H3. The van der Waals surface area contributed by atoms with Crippen LogP contribution in [-0.2, 0) is 18.3 Å². The lowest BCUT2D eigenvalue weighted by Gasteiger charge is -2.26. The molecule has 0 spiro atoms. The number of rotatable bonds is 6. The van der Waals surface area contributed by atoms with Gasteiger partial charge in [-0.05, 0) is 32.5 Å². The van der Waals surface area contributed by atoms with Crippen molar-refractivity contribution < 1.29 is 4.74 Å². The van der Waals surface area contributed by atoms with Gasteiger partial charge in [-0.1, -0.05) is 0 Å². The van der Waals surface area contributed by atoms with Gasteiger partial charge in [-0.2, -0.15) is 5.10 Å². The van der Waals surface area contributed by atoms with Crippen LogP contribution in [-0.4, -0.2) is 54.1 Å². The van der Waals surface area contributed by atoms with E-state index < -0.39 is 0 Å². The smallest absolute Gasteiger partial charge is 0.0765 e. The maximum atomic E-state index is 5.33. The summed E-state index contributed by atoms with van der Waals surface area (Å²) < 4.78 is 7.25. The van der Waals surface area contributed by atoms with Crippen molar-refractivity contribution in [3.05, 3.63) is 17.5 Å². The molecule has 102 valence electrons. The van der Waals surface area contributed by atoms with Gasteiger partial charge in [-0.25, -0.2) is 0 Å². The maximum Gasteiger partial charge on any atom is 0.0765 e. The van der Waals surface area contributed by atoms with Gasteiger partial charge in [0.15, 0.2) is 0 Å². The molecule has 0 saturated carbocycles. The molecule has 2 heterocycles. The number of ether oxygens (including phenoxy) is 1. The summed E-state index contributed by atoms with van der Waals surface area (Å²) in [5.41, 5.74) is 2.33. The van der Waals surface area contributed by atoms with Crippen LogP contribution in [0.1, 0.15) is 17.8 Å². The molecule has 0 amide bonds. The van der Waals surface area contributed by atoms with E-state index in [1.165, 1.54) is 12.1 Å². The zero-order chi connectivity index (χ0) is 12.8. The summed E-state index contributed by atoms with van der Waals surface area (Å²) in [7, 11) is 1.98. The molecule has 0 radical (unpaired) electrons. The molecule has 0 bridgehead atoms. The van der Waals surface area contributed by atoms with E-state index in [1.807, 2.05) is 11.7 Å². The third kappa shape index (κ3) is 4.08. The summed E-state index contributed by atoms with van der Waals surface area (Å²) in [6.07, 6.45) is 1.19. The first-order chi connectivity index (χ1) is 8.75. The molecule has 0 atom stereocenters. The third-order valence-electron chi connectivity index (χ3n) is 3.40. The van der Waals surface area contributed by atoms with Crippen molar-refractivity contribution in [1.29, 1.82) is 0 Å². The van der Waals surface area contributed by atoms with Gasteiger partial charge in [0.1, 0.15) is 0 Å². The summed E-state index contributed by atoms with van der Waals surface area (Å²) in [5, 5.41) is 7.87. The second-order valence-electron chi connectivity index (χ2n) is 4.89. The molecule has 1 aliphatic heterocycles. The molecule has 0 aliphatic carbocycles. The lowest BCUT2D eigenvalue weighted by Crippen LogP contribution is -2.37. The number of morpholine rings is 1. The van der Waals surface area contributed by atoms with Crippen LogP contribution >= 0.6 is 0 Å². The molecular formula is C13H24N4O. The Balaban J connectivity index is 1.55. The van der Waals surface area contributed by atoms with Crippen LogP contribution in [0.4, 0.5) is 0 Å². The first kappa shape index (κ1) is 13.5. The van der Waals surface area contributed by atoms with Crippen molar-refractivity contribution >= 4 is 0 Å². The Labute approximate surface area is 109 Å². The second kappa shape index (κ2) is 6.87. The Morgan fingerprint density at radius 2 is 2.17 bits per heavy atom. The fourth-order valence-corrected chi connectivity index (χ4v) is 2.19. The first-order valence-corrected chi connectivity index (χ1v) is 6.76. The van der Waals surface area contributed by atoms with Gasteiger partial charge in [0.05, 0.1) is 18.9 Å². The van der Waals surface area contributed by atoms with Crippen LogP contribution in [0.2, 0.25) is 0 Å². The summed E-state index contributed by atoms with van der Waals surface area (Å²) >= 11 is 0. The van der Waals surface area contributed by atoms with Gasteiger partial charge in [0.25, 0.3) is 0 Å². The van der Waals surface area contributed by atoms with Gasteiger partial charge in [-0.15, -0.1) is 0 Å². The highest BCUT2D eigenvalue weighted by Gasteiger charge is 2.09. The molecule has 1 N–H and O–H groups in total. The normalized spacial score (nSPS) is 17.2. The van der Waals surface area contributed by atoms with Gasteiger partial charge >= 0.3 is 0 Å². The Morgan fingerprint density at radius 3 is 2.83 bits per heavy atom. The minimum Gasteiger partial charge on any atom is -0.379 e. The summed E-state index contributed by atoms with van der Waals surface area (Å²) in [4.78, 5) is 2.47. The van der Waals surface area contributed by atoms with Crippen LogP contribution in [0.3, 0.4) is 0 Å². The van der Waals surface area contributed by atoms with Crippen LogP contribution in [0.25, 0.3) is 0 Å². The van der Waals surface area contributed by atoms with Crippen molar-refractivity contribution in [2.24, 2.45) is 7.05 Å². The molecule has 18 heavy (non-hydrogen) atoms. The fraction of sp³-hybridized carbons (Fsp3) is 0.769. The zero-order valence-electron chi connectivity index (χ0n) is 11.5. The molecule has 1 aromatic heterocycles. The molecule has 1 aromatic rings. The highest BCUT2D eigenvalue weighted by atomic mass is 16.5. The molecule has 5 heteroatoms. The van der Waals surface area contributed by atoms with Crippen molar-refractivity contribution in [3.8, 4) is 0 Å². The maximum absolute atomic E-state index is 5.33. The van der Waals surface area contributed by atoms with Crippen molar-refractivity contribution in [1.82, 2.24) is 20.0 Å². The van der Waals surface area contributed by atoms with E-state index in [1.54, 1.807) is 0 Å². The first-order valence-electron chi connectivity index (χ1n) is 6.76. The van der Waals surface area contributed by atoms with Crippen LogP contribution in [0.5, 0.6) is 0 Å². The summed E-state index contributed by atoms with van der Waals surface area (Å²) in [6, 6.07) is 2.13. The van der Waals surface area contributed by atoms with Gasteiger partial charge in [-0.3, -0.25) is 9.58 Å². The number of nitrogens with zero attached hydrogens (tertiary/aromatic N) is 3. The van der Waals surface area contributed by atoms with Crippen molar-refractivity contribution in [2.75, 3.05) is 39.4 Å². The van der Waals surface area contributed by atoms with Crippen molar-refractivity contribution in [3.63, 3.8) is 0 Å². The topological polar surface area (TPSA) is 42.3 Å². The number of hydrogen-bond donors (Lipinski definition) is 1. The van der Waals surface area contributed by atoms with E-state index in [2.05, 4.69) is 28.3 Å². The Bertz CT molecular complexity index is 338. The SMILES string of the molecule is Cc1cc(CNCCCN2CCOCC2)nn1C. The Hall–Kier alpha value is -0.910. The number of hydrogen-bond acceptors (Lipinski definition) is 4. The van der Waals surface area contributed by atoms with E-state index in [9.17, 15) is 0 Å². The monoisotopic (exact) mass is 252 g/mol. The van der Waals surface area contributed by atoms with Crippen LogP contribution in [0.15, 0.2) is 6.07 Å². The van der Waals surface area contributed by atoms with Crippen molar-refractivity contribution in [2.45, 2.75) is 19.9 Å². The number of aromatic nitrogens is 2. The number of nitrogens with one attached hydrogen (secondary N) is 1. The molecule has 5 nitrogen and oxygen atoms in total. The quantitative estimate of drug-likeness (QED) is 0.751.